The zero-order valence-electron chi connectivity index (χ0n) is 16.9. The largest absolute Gasteiger partial charge is 0.496 e. The number of ether oxygens (including phenoxy) is 1. The third-order valence-electron chi connectivity index (χ3n) is 4.76. The van der Waals surface area contributed by atoms with Crippen LogP contribution in [0.15, 0.2) is 77.3 Å². The van der Waals surface area contributed by atoms with E-state index in [1.807, 2.05) is 36.4 Å². The maximum Gasteiger partial charge on any atom is 0.258 e. The van der Waals surface area contributed by atoms with Gasteiger partial charge in [-0.15, -0.1) is 0 Å². The van der Waals surface area contributed by atoms with Gasteiger partial charge in [-0.25, -0.2) is 0 Å². The Morgan fingerprint density at radius 1 is 1.00 bits per heavy atom. The molecule has 5 nitrogen and oxygen atoms in total. The Bertz CT molecular complexity index is 1040. The number of rotatable bonds is 7. The number of hydrogen-bond donors (Lipinski definition) is 1. The Morgan fingerprint density at radius 3 is 2.40 bits per heavy atom. The molecule has 3 aromatic carbocycles. The van der Waals surface area contributed by atoms with Gasteiger partial charge in [0.15, 0.2) is 0 Å². The number of nitrogens with one attached hydrogen (secondary N) is 1. The molecule has 3 rings (SSSR count). The molecule has 6 heteroatoms. The number of carbonyl (C=O) groups is 2. The fourth-order valence-corrected chi connectivity index (χ4v) is 3.66. The number of methoxy groups -OCH3 is 1. The molecule has 0 aliphatic heterocycles. The van der Waals surface area contributed by atoms with Gasteiger partial charge in [0, 0.05) is 19.2 Å². The average molecular weight is 467 g/mol. The standard InChI is InChI=1S/C24H23BrN2O3/c1-27(24(29)18-12-13-22(30-2)20(25)16-18)21-11-7-6-10-19(21)23(28)26-15-14-17-8-4-3-5-9-17/h3-13,16H,14-15H2,1-2H3,(H,26,28). The van der Waals surface area contributed by atoms with E-state index in [0.717, 1.165) is 12.0 Å². The summed E-state index contributed by atoms with van der Waals surface area (Å²) in [6.45, 7) is 0.514. The molecule has 0 aliphatic carbocycles. The molecule has 3 aromatic rings. The molecule has 0 atom stereocenters. The first-order valence-electron chi connectivity index (χ1n) is 9.54. The summed E-state index contributed by atoms with van der Waals surface area (Å²) in [6, 6.07) is 22.2. The molecule has 0 saturated heterocycles. The highest BCUT2D eigenvalue weighted by Gasteiger charge is 2.20. The lowest BCUT2D eigenvalue weighted by Gasteiger charge is -2.21. The first-order valence-corrected chi connectivity index (χ1v) is 10.3. The minimum Gasteiger partial charge on any atom is -0.496 e. The number of halogens is 1. The first kappa shape index (κ1) is 21.6. The third kappa shape index (κ3) is 5.07. The summed E-state index contributed by atoms with van der Waals surface area (Å²) in [4.78, 5) is 27.3. The summed E-state index contributed by atoms with van der Waals surface area (Å²) in [5.74, 6) is 0.215. The van der Waals surface area contributed by atoms with Crippen molar-refractivity contribution in [2.24, 2.45) is 0 Å². The van der Waals surface area contributed by atoms with E-state index in [0.29, 0.717) is 33.6 Å². The minimum atomic E-state index is -0.220. The van der Waals surface area contributed by atoms with Gasteiger partial charge in [0.1, 0.15) is 5.75 Å². The van der Waals surface area contributed by atoms with Crippen molar-refractivity contribution < 1.29 is 14.3 Å². The summed E-state index contributed by atoms with van der Waals surface area (Å²) in [5.41, 5.74) is 2.65. The second kappa shape index (κ2) is 10.1. The summed E-state index contributed by atoms with van der Waals surface area (Å²) < 4.78 is 5.91. The fourth-order valence-electron chi connectivity index (χ4n) is 3.12. The van der Waals surface area contributed by atoms with E-state index in [-0.39, 0.29) is 11.8 Å². The molecule has 0 aliphatic rings. The van der Waals surface area contributed by atoms with Gasteiger partial charge in [-0.1, -0.05) is 42.5 Å². The molecule has 154 valence electrons. The lowest BCUT2D eigenvalue weighted by Crippen LogP contribution is -2.31. The zero-order valence-corrected chi connectivity index (χ0v) is 18.5. The number of para-hydroxylation sites is 1. The van der Waals surface area contributed by atoms with Crippen LogP contribution in [0.25, 0.3) is 0 Å². The highest BCUT2D eigenvalue weighted by Crippen LogP contribution is 2.27. The molecule has 0 unspecified atom stereocenters. The third-order valence-corrected chi connectivity index (χ3v) is 5.38. The van der Waals surface area contributed by atoms with Gasteiger partial charge in [0.05, 0.1) is 22.8 Å². The van der Waals surface area contributed by atoms with Crippen LogP contribution in [0.1, 0.15) is 26.3 Å². The Morgan fingerprint density at radius 2 is 1.70 bits per heavy atom. The summed E-state index contributed by atoms with van der Waals surface area (Å²) >= 11 is 3.41. The van der Waals surface area contributed by atoms with E-state index in [2.05, 4.69) is 21.2 Å². The van der Waals surface area contributed by atoms with Crippen LogP contribution in [0.3, 0.4) is 0 Å². The van der Waals surface area contributed by atoms with Gasteiger partial charge in [0.25, 0.3) is 11.8 Å². The molecule has 2 amide bonds. The number of amides is 2. The Hall–Kier alpha value is -3.12. The first-order chi connectivity index (χ1) is 14.5. The van der Waals surface area contributed by atoms with E-state index in [4.69, 9.17) is 4.74 Å². The lowest BCUT2D eigenvalue weighted by atomic mass is 10.1. The smallest absolute Gasteiger partial charge is 0.258 e. The number of anilines is 1. The second-order valence-corrected chi connectivity index (χ2v) is 7.58. The van der Waals surface area contributed by atoms with Gasteiger partial charge in [-0.3, -0.25) is 9.59 Å². The van der Waals surface area contributed by atoms with Crippen molar-refractivity contribution in [1.82, 2.24) is 5.32 Å². The molecule has 0 fully saturated rings. The molecular formula is C24H23BrN2O3. The fraction of sp³-hybridized carbons (Fsp3) is 0.167. The van der Waals surface area contributed by atoms with E-state index in [1.165, 1.54) is 4.90 Å². The van der Waals surface area contributed by atoms with Crippen LogP contribution in [0.2, 0.25) is 0 Å². The molecule has 0 heterocycles. The van der Waals surface area contributed by atoms with Crippen molar-refractivity contribution in [3.8, 4) is 5.75 Å². The number of carbonyl (C=O) groups excluding carboxylic acids is 2. The quantitative estimate of drug-likeness (QED) is 0.548. The van der Waals surface area contributed by atoms with Crippen molar-refractivity contribution in [2.45, 2.75) is 6.42 Å². The van der Waals surface area contributed by atoms with Crippen molar-refractivity contribution in [1.29, 1.82) is 0 Å². The predicted octanol–water partition coefficient (Wildman–Crippen LogP) is 4.71. The summed E-state index contributed by atoms with van der Waals surface area (Å²) in [5, 5.41) is 2.94. The lowest BCUT2D eigenvalue weighted by molar-refractivity contribution is 0.0954. The van der Waals surface area contributed by atoms with Gasteiger partial charge >= 0.3 is 0 Å². The normalized spacial score (nSPS) is 10.4. The zero-order chi connectivity index (χ0) is 21.5. The van der Waals surface area contributed by atoms with Gasteiger partial charge in [-0.2, -0.15) is 0 Å². The molecule has 0 aromatic heterocycles. The van der Waals surface area contributed by atoms with Gasteiger partial charge < -0.3 is 15.0 Å². The summed E-state index contributed by atoms with van der Waals surface area (Å²) in [6.07, 6.45) is 0.739. The van der Waals surface area contributed by atoms with Crippen LogP contribution in [0, 0.1) is 0 Å². The van der Waals surface area contributed by atoms with E-state index in [9.17, 15) is 9.59 Å². The van der Waals surface area contributed by atoms with Crippen LogP contribution < -0.4 is 15.0 Å². The van der Waals surface area contributed by atoms with E-state index in [1.54, 1.807) is 50.6 Å². The monoisotopic (exact) mass is 466 g/mol. The van der Waals surface area contributed by atoms with Crippen LogP contribution >= 0.6 is 15.9 Å². The second-order valence-electron chi connectivity index (χ2n) is 6.72. The SMILES string of the molecule is COc1ccc(C(=O)N(C)c2ccccc2C(=O)NCCc2ccccc2)cc1Br. The number of nitrogens with zero attached hydrogens (tertiary/aromatic N) is 1. The molecule has 0 bridgehead atoms. The molecule has 0 spiro atoms. The molecular weight excluding hydrogens is 444 g/mol. The summed E-state index contributed by atoms with van der Waals surface area (Å²) in [7, 11) is 3.23. The minimum absolute atomic E-state index is 0.211. The topological polar surface area (TPSA) is 58.6 Å². The Balaban J connectivity index is 1.74. The van der Waals surface area contributed by atoms with Gasteiger partial charge in [0.2, 0.25) is 0 Å². The highest BCUT2D eigenvalue weighted by atomic mass is 79.9. The molecule has 30 heavy (non-hydrogen) atoms. The van der Waals surface area contributed by atoms with Gasteiger partial charge in [-0.05, 0) is 58.2 Å². The van der Waals surface area contributed by atoms with Crippen LogP contribution in [0.5, 0.6) is 5.75 Å². The number of hydrogen-bond acceptors (Lipinski definition) is 3. The van der Waals surface area contributed by atoms with Crippen LogP contribution in [0.4, 0.5) is 5.69 Å². The molecule has 0 radical (unpaired) electrons. The van der Waals surface area contributed by atoms with E-state index >= 15 is 0 Å². The molecule has 1 N–H and O–H groups in total. The highest BCUT2D eigenvalue weighted by molar-refractivity contribution is 9.10. The van der Waals surface area contributed by atoms with Crippen LogP contribution in [-0.4, -0.2) is 32.5 Å². The van der Waals surface area contributed by atoms with Crippen molar-refractivity contribution in [3.63, 3.8) is 0 Å². The van der Waals surface area contributed by atoms with Crippen molar-refractivity contribution >= 4 is 33.4 Å². The van der Waals surface area contributed by atoms with Crippen molar-refractivity contribution in [3.05, 3.63) is 94.0 Å². The maximum atomic E-state index is 13.0. The number of benzene rings is 3. The Labute approximate surface area is 184 Å². The van der Waals surface area contributed by atoms with Crippen molar-refractivity contribution in [2.75, 3.05) is 25.6 Å². The Kier molecular flexibility index (Phi) is 7.25. The van der Waals surface area contributed by atoms with E-state index < -0.39 is 0 Å². The van der Waals surface area contributed by atoms with Crippen LogP contribution in [-0.2, 0) is 6.42 Å². The predicted molar refractivity (Wildman–Crippen MR) is 122 cm³/mol. The maximum absolute atomic E-state index is 13.0. The average Bonchev–Trinajstić information content (AvgIpc) is 2.78. The molecule has 0 saturated carbocycles.